The number of ether oxygens (including phenoxy) is 2. The van der Waals surface area contributed by atoms with Crippen LogP contribution < -0.4 is 10.1 Å². The number of nitrogens with one attached hydrogen (secondary N) is 1. The fraction of sp³-hybridized carbons (Fsp3) is 0.353. The van der Waals surface area contributed by atoms with Crippen molar-refractivity contribution in [2.24, 2.45) is 0 Å². The third-order valence-electron chi connectivity index (χ3n) is 3.67. The second kappa shape index (κ2) is 8.20. The highest BCUT2D eigenvalue weighted by Crippen LogP contribution is 2.25. The number of benzene rings is 1. The van der Waals surface area contributed by atoms with Gasteiger partial charge < -0.3 is 19.9 Å². The van der Waals surface area contributed by atoms with E-state index in [4.69, 9.17) is 21.1 Å². The molecule has 0 spiro atoms. The van der Waals surface area contributed by atoms with Gasteiger partial charge >= 0.3 is 5.97 Å². The zero-order valence-electron chi connectivity index (χ0n) is 14.7. The summed E-state index contributed by atoms with van der Waals surface area (Å²) in [4.78, 5) is 23.9. The Morgan fingerprint density at radius 2 is 2.08 bits per heavy atom. The molecule has 0 aliphatic carbocycles. The average molecular weight is 382 g/mol. The van der Waals surface area contributed by atoms with Gasteiger partial charge in [0.2, 0.25) is 0 Å². The molecule has 0 fully saturated rings. The molecule has 8 nitrogen and oxygen atoms in total. The number of halogens is 1. The Kier molecular flexibility index (Phi) is 6.23. The third-order valence-corrected chi connectivity index (χ3v) is 3.90. The van der Waals surface area contributed by atoms with Gasteiger partial charge in [0.25, 0.3) is 5.91 Å². The van der Waals surface area contributed by atoms with Gasteiger partial charge in [-0.05, 0) is 32.0 Å². The summed E-state index contributed by atoms with van der Waals surface area (Å²) in [5, 5.41) is 16.3. The fourth-order valence-corrected chi connectivity index (χ4v) is 2.20. The van der Waals surface area contributed by atoms with E-state index in [1.165, 1.54) is 37.0 Å². The molecule has 0 aliphatic rings. The molecule has 1 aromatic carbocycles. The molecule has 0 aliphatic heterocycles. The lowest BCUT2D eigenvalue weighted by molar-refractivity contribution is -0.146. The van der Waals surface area contributed by atoms with Gasteiger partial charge in [-0.15, -0.1) is 0 Å². The number of carbonyl (C=O) groups excluding carboxylic acids is 1. The molecule has 26 heavy (non-hydrogen) atoms. The zero-order valence-corrected chi connectivity index (χ0v) is 15.4. The van der Waals surface area contributed by atoms with Crippen molar-refractivity contribution in [2.75, 3.05) is 25.6 Å². The predicted molar refractivity (Wildman–Crippen MR) is 96.0 cm³/mol. The minimum atomic E-state index is -1.24. The van der Waals surface area contributed by atoms with E-state index >= 15 is 0 Å². The normalized spacial score (nSPS) is 11.2. The van der Waals surface area contributed by atoms with E-state index < -0.39 is 17.4 Å². The van der Waals surface area contributed by atoms with Crippen molar-refractivity contribution in [1.82, 2.24) is 9.78 Å². The first kappa shape index (κ1) is 19.7. The van der Waals surface area contributed by atoms with Crippen LogP contribution in [0.1, 0.15) is 24.2 Å². The molecule has 2 rings (SSSR count). The standard InChI is InChI=1S/C17H20ClN3O5/c1-17(2,16(23)24)21-10-12(9-19-21)20-15(22)13-8-11(18)4-5-14(13)26-7-6-25-3/h4-5,8-10H,6-7H2,1-3H3,(H,20,22)(H,23,24). The predicted octanol–water partition coefficient (Wildman–Crippen LogP) is 2.63. The lowest BCUT2D eigenvalue weighted by atomic mass is 10.1. The maximum Gasteiger partial charge on any atom is 0.331 e. The lowest BCUT2D eigenvalue weighted by Gasteiger charge is -2.19. The first-order chi connectivity index (χ1) is 12.3. The monoisotopic (exact) mass is 381 g/mol. The number of hydrogen-bond donors (Lipinski definition) is 2. The molecule has 0 saturated carbocycles. The van der Waals surface area contributed by atoms with Crippen molar-refractivity contribution in [2.45, 2.75) is 19.4 Å². The van der Waals surface area contributed by atoms with Crippen LogP contribution in [0, 0.1) is 0 Å². The van der Waals surface area contributed by atoms with Gasteiger partial charge in [-0.25, -0.2) is 4.79 Å². The largest absolute Gasteiger partial charge is 0.490 e. The first-order valence-electron chi connectivity index (χ1n) is 7.77. The van der Waals surface area contributed by atoms with Crippen LogP contribution in [0.2, 0.25) is 5.02 Å². The molecule has 0 unspecified atom stereocenters. The van der Waals surface area contributed by atoms with Crippen LogP contribution in [0.5, 0.6) is 5.75 Å². The third kappa shape index (κ3) is 4.53. The summed E-state index contributed by atoms with van der Waals surface area (Å²) in [5.41, 5.74) is -0.640. The molecule has 140 valence electrons. The molecule has 1 heterocycles. The molecule has 1 aromatic heterocycles. The van der Waals surface area contributed by atoms with Crippen LogP contribution in [-0.2, 0) is 15.1 Å². The van der Waals surface area contributed by atoms with Gasteiger partial charge in [-0.3, -0.25) is 9.48 Å². The van der Waals surface area contributed by atoms with E-state index in [1.54, 1.807) is 19.2 Å². The molecule has 1 amide bonds. The molecule has 0 radical (unpaired) electrons. The summed E-state index contributed by atoms with van der Waals surface area (Å²) in [7, 11) is 1.55. The zero-order chi connectivity index (χ0) is 19.3. The molecular formula is C17H20ClN3O5. The van der Waals surface area contributed by atoms with Gasteiger partial charge in [-0.1, -0.05) is 11.6 Å². The van der Waals surface area contributed by atoms with Crippen LogP contribution >= 0.6 is 11.6 Å². The minimum Gasteiger partial charge on any atom is -0.490 e. The number of amides is 1. The average Bonchev–Trinajstić information content (AvgIpc) is 3.05. The Bertz CT molecular complexity index is 803. The molecule has 2 aromatic rings. The van der Waals surface area contributed by atoms with Crippen molar-refractivity contribution < 1.29 is 24.2 Å². The van der Waals surface area contributed by atoms with Crippen LogP contribution in [0.3, 0.4) is 0 Å². The highest BCUT2D eigenvalue weighted by Gasteiger charge is 2.30. The number of hydrogen-bond acceptors (Lipinski definition) is 5. The van der Waals surface area contributed by atoms with Gasteiger partial charge in [0, 0.05) is 18.3 Å². The second-order valence-corrected chi connectivity index (χ2v) is 6.41. The molecular weight excluding hydrogens is 362 g/mol. The molecule has 2 N–H and O–H groups in total. The summed E-state index contributed by atoms with van der Waals surface area (Å²) in [5.74, 6) is -1.13. The Morgan fingerprint density at radius 1 is 1.35 bits per heavy atom. The van der Waals surface area contributed by atoms with Crippen LogP contribution in [-0.4, -0.2) is 47.1 Å². The molecule has 0 bridgehead atoms. The van der Waals surface area contributed by atoms with Crippen molar-refractivity contribution >= 4 is 29.2 Å². The summed E-state index contributed by atoms with van der Waals surface area (Å²) in [6.07, 6.45) is 2.82. The van der Waals surface area contributed by atoms with Gasteiger partial charge in [0.1, 0.15) is 12.4 Å². The van der Waals surface area contributed by atoms with Crippen molar-refractivity contribution in [3.05, 3.63) is 41.2 Å². The Balaban J connectivity index is 2.19. The highest BCUT2D eigenvalue weighted by molar-refractivity contribution is 6.31. The van der Waals surface area contributed by atoms with Crippen LogP contribution in [0.4, 0.5) is 5.69 Å². The number of carboxylic acid groups (broad SMARTS) is 1. The summed E-state index contributed by atoms with van der Waals surface area (Å²) in [6, 6.07) is 4.71. The Hall–Kier alpha value is -2.58. The Morgan fingerprint density at radius 3 is 2.73 bits per heavy atom. The minimum absolute atomic E-state index is 0.249. The fourth-order valence-electron chi connectivity index (χ4n) is 2.03. The van der Waals surface area contributed by atoms with Crippen molar-refractivity contribution in [1.29, 1.82) is 0 Å². The van der Waals surface area contributed by atoms with E-state index in [2.05, 4.69) is 10.4 Å². The number of aliphatic carboxylic acids is 1. The molecule has 0 saturated heterocycles. The second-order valence-electron chi connectivity index (χ2n) is 5.97. The number of anilines is 1. The molecule has 0 atom stereocenters. The van der Waals surface area contributed by atoms with E-state index in [-0.39, 0.29) is 12.2 Å². The number of aromatic nitrogens is 2. The van der Waals surface area contributed by atoms with Crippen LogP contribution in [0.25, 0.3) is 0 Å². The van der Waals surface area contributed by atoms with E-state index in [0.717, 1.165) is 0 Å². The van der Waals surface area contributed by atoms with Gasteiger partial charge in [0.15, 0.2) is 5.54 Å². The Labute approximate surface area is 155 Å². The topological polar surface area (TPSA) is 103 Å². The summed E-state index contributed by atoms with van der Waals surface area (Å²) < 4.78 is 11.7. The quantitative estimate of drug-likeness (QED) is 0.681. The summed E-state index contributed by atoms with van der Waals surface area (Å²) in [6.45, 7) is 3.67. The van der Waals surface area contributed by atoms with Crippen LogP contribution in [0.15, 0.2) is 30.6 Å². The van der Waals surface area contributed by atoms with Gasteiger partial charge in [-0.2, -0.15) is 5.10 Å². The number of carbonyl (C=O) groups is 2. The van der Waals surface area contributed by atoms with E-state index in [0.29, 0.717) is 23.1 Å². The molecule has 9 heteroatoms. The van der Waals surface area contributed by atoms with Gasteiger partial charge in [0.05, 0.1) is 24.1 Å². The smallest absolute Gasteiger partial charge is 0.331 e. The lowest BCUT2D eigenvalue weighted by Crippen LogP contribution is -2.35. The highest BCUT2D eigenvalue weighted by atomic mass is 35.5. The van der Waals surface area contributed by atoms with E-state index in [9.17, 15) is 14.7 Å². The maximum absolute atomic E-state index is 12.6. The summed E-state index contributed by atoms with van der Waals surface area (Å²) >= 11 is 5.98. The van der Waals surface area contributed by atoms with Crippen molar-refractivity contribution in [3.8, 4) is 5.75 Å². The number of methoxy groups -OCH3 is 1. The first-order valence-corrected chi connectivity index (χ1v) is 8.14. The maximum atomic E-state index is 12.6. The SMILES string of the molecule is COCCOc1ccc(Cl)cc1C(=O)Nc1cnn(C(C)(C)C(=O)O)c1. The van der Waals surface area contributed by atoms with Crippen molar-refractivity contribution in [3.63, 3.8) is 0 Å². The number of rotatable bonds is 8. The van der Waals surface area contributed by atoms with E-state index in [1.807, 2.05) is 0 Å². The number of nitrogens with zero attached hydrogens (tertiary/aromatic N) is 2. The number of carboxylic acids is 1.